The zero-order valence-corrected chi connectivity index (χ0v) is 21.1. The van der Waals surface area contributed by atoms with Crippen LogP contribution in [0.1, 0.15) is 39.5 Å². The van der Waals surface area contributed by atoms with Crippen LogP contribution in [0.4, 0.5) is 0 Å². The number of hydrogen-bond donors (Lipinski definition) is 2. The molecular weight excluding hydrogens is 438 g/mol. The second-order valence-electron chi connectivity index (χ2n) is 12.1. The fourth-order valence-electron chi connectivity index (χ4n) is 11.0. The molecule has 6 fully saturated rings. The molecule has 0 aromatic rings. The highest BCUT2D eigenvalue weighted by Gasteiger charge is 2.86. The third kappa shape index (κ3) is 2.48. The smallest absolute Gasteiger partial charge is 0.302 e. The van der Waals surface area contributed by atoms with E-state index in [-0.39, 0.29) is 65.3 Å². The van der Waals surface area contributed by atoms with Gasteiger partial charge in [-0.2, -0.15) is 0 Å². The molecule has 0 aromatic carbocycles. The maximum absolute atomic E-state index is 12.6. The summed E-state index contributed by atoms with van der Waals surface area (Å²) in [5, 5.41) is 24.2. The van der Waals surface area contributed by atoms with Crippen molar-refractivity contribution in [3.05, 3.63) is 0 Å². The molecular formula is C26H41NO7. The van der Waals surface area contributed by atoms with Crippen molar-refractivity contribution in [3.8, 4) is 0 Å². The van der Waals surface area contributed by atoms with Gasteiger partial charge in [0.25, 0.3) is 0 Å². The van der Waals surface area contributed by atoms with E-state index in [2.05, 4.69) is 11.8 Å². The Labute approximate surface area is 202 Å². The lowest BCUT2D eigenvalue weighted by atomic mass is 9.43. The molecule has 34 heavy (non-hydrogen) atoms. The topological polar surface area (TPSA) is 97.7 Å². The molecule has 5 saturated carbocycles. The van der Waals surface area contributed by atoms with Gasteiger partial charge in [0.15, 0.2) is 0 Å². The van der Waals surface area contributed by atoms with Gasteiger partial charge in [0.05, 0.1) is 30.5 Å². The van der Waals surface area contributed by atoms with Crippen molar-refractivity contribution >= 4 is 5.97 Å². The van der Waals surface area contributed by atoms with Crippen LogP contribution < -0.4 is 0 Å². The quantitative estimate of drug-likeness (QED) is 0.546. The van der Waals surface area contributed by atoms with Crippen molar-refractivity contribution in [2.24, 2.45) is 40.4 Å². The zero-order chi connectivity index (χ0) is 24.2. The van der Waals surface area contributed by atoms with Gasteiger partial charge in [0, 0.05) is 81.8 Å². The van der Waals surface area contributed by atoms with E-state index in [0.29, 0.717) is 13.0 Å². The van der Waals surface area contributed by atoms with Gasteiger partial charge in [-0.15, -0.1) is 0 Å². The third-order valence-electron chi connectivity index (χ3n) is 11.4. The summed E-state index contributed by atoms with van der Waals surface area (Å²) >= 11 is 0. The van der Waals surface area contributed by atoms with Gasteiger partial charge in [-0.05, 0) is 31.7 Å². The summed E-state index contributed by atoms with van der Waals surface area (Å²) in [6, 6.07) is 0.0230. The van der Waals surface area contributed by atoms with Crippen LogP contribution in [-0.4, -0.2) is 98.2 Å². The van der Waals surface area contributed by atoms with E-state index in [1.807, 2.05) is 0 Å². The number of aliphatic hydroxyl groups is 2. The van der Waals surface area contributed by atoms with Crippen LogP contribution in [0.5, 0.6) is 0 Å². The Morgan fingerprint density at radius 3 is 2.56 bits per heavy atom. The first-order chi connectivity index (χ1) is 16.2. The highest BCUT2D eigenvalue weighted by molar-refractivity contribution is 5.66. The van der Waals surface area contributed by atoms with Gasteiger partial charge in [0.2, 0.25) is 0 Å². The van der Waals surface area contributed by atoms with E-state index in [4.69, 9.17) is 18.9 Å². The molecule has 1 spiro atoms. The summed E-state index contributed by atoms with van der Waals surface area (Å²) in [6.07, 6.45) is 1.69. The van der Waals surface area contributed by atoms with E-state index in [1.165, 1.54) is 6.92 Å². The molecule has 5 aliphatic carbocycles. The maximum Gasteiger partial charge on any atom is 0.302 e. The van der Waals surface area contributed by atoms with E-state index in [1.54, 1.807) is 21.3 Å². The Bertz CT molecular complexity index is 855. The van der Waals surface area contributed by atoms with Crippen molar-refractivity contribution in [1.29, 1.82) is 0 Å². The largest absolute Gasteiger partial charge is 0.462 e. The number of likely N-dealkylation sites (tertiary alicyclic amines) is 1. The molecule has 2 N–H and O–H groups in total. The van der Waals surface area contributed by atoms with Crippen molar-refractivity contribution < 1.29 is 34.0 Å². The predicted molar refractivity (Wildman–Crippen MR) is 122 cm³/mol. The van der Waals surface area contributed by atoms with Crippen molar-refractivity contribution in [1.82, 2.24) is 4.90 Å². The lowest BCUT2D eigenvalue weighted by Gasteiger charge is -2.68. The molecule has 1 aliphatic heterocycles. The Morgan fingerprint density at radius 1 is 1.18 bits per heavy atom. The SMILES string of the molecule is CCN1C[C@]2(COC)CCC(OC(C)=O)[C@@]34[C@@H]5C[C@H]6[C@H](O)[C@@H]5[C@](O)(C[C@@H]6OC)[C@@H]([C@H](OC)[C@H]23)[C@@H]14. The zero-order valence-electron chi connectivity index (χ0n) is 21.1. The van der Waals surface area contributed by atoms with Gasteiger partial charge in [0.1, 0.15) is 6.10 Å². The fraction of sp³-hybridized carbons (Fsp3) is 0.962. The molecule has 1 unspecified atom stereocenters. The number of aliphatic hydroxyl groups excluding tert-OH is 1. The molecule has 0 aromatic heterocycles. The minimum absolute atomic E-state index is 0.0115. The Hall–Kier alpha value is -0.770. The van der Waals surface area contributed by atoms with Gasteiger partial charge in [-0.25, -0.2) is 0 Å². The number of hydrogen-bond acceptors (Lipinski definition) is 8. The summed E-state index contributed by atoms with van der Waals surface area (Å²) in [6.45, 7) is 6.04. The molecule has 6 rings (SSSR count). The lowest BCUT2D eigenvalue weighted by molar-refractivity contribution is -0.275. The second-order valence-corrected chi connectivity index (χ2v) is 12.1. The van der Waals surface area contributed by atoms with E-state index in [9.17, 15) is 15.0 Å². The predicted octanol–water partition coefficient (Wildman–Crippen LogP) is 1.07. The average molecular weight is 480 g/mol. The van der Waals surface area contributed by atoms with Crippen LogP contribution in [0, 0.1) is 40.4 Å². The van der Waals surface area contributed by atoms with E-state index in [0.717, 1.165) is 32.4 Å². The number of esters is 1. The Kier molecular flexibility index (Phi) is 5.29. The highest BCUT2D eigenvalue weighted by atomic mass is 16.5. The van der Waals surface area contributed by atoms with E-state index >= 15 is 0 Å². The average Bonchev–Trinajstić information content (AvgIpc) is 3.21. The molecule has 1 heterocycles. The summed E-state index contributed by atoms with van der Waals surface area (Å²) < 4.78 is 24.3. The van der Waals surface area contributed by atoms with E-state index < -0.39 is 17.1 Å². The number of carbonyl (C=O) groups excluding carboxylic acids is 1. The minimum atomic E-state index is -1.09. The summed E-state index contributed by atoms with van der Waals surface area (Å²) in [7, 11) is 5.22. The number of fused-ring (bicyclic) bond motifs is 2. The van der Waals surface area contributed by atoms with Crippen LogP contribution in [0.3, 0.4) is 0 Å². The first-order valence-corrected chi connectivity index (χ1v) is 13.1. The van der Waals surface area contributed by atoms with Crippen LogP contribution in [0.2, 0.25) is 0 Å². The Balaban J connectivity index is 1.63. The molecule has 6 aliphatic rings. The number of nitrogens with zero attached hydrogens (tertiary/aromatic N) is 1. The minimum Gasteiger partial charge on any atom is -0.462 e. The molecule has 0 radical (unpaired) electrons. The number of ether oxygens (including phenoxy) is 4. The number of methoxy groups -OCH3 is 3. The monoisotopic (exact) mass is 479 g/mol. The van der Waals surface area contributed by atoms with Crippen LogP contribution in [-0.2, 0) is 23.7 Å². The molecule has 13 atom stereocenters. The number of rotatable bonds is 6. The molecule has 8 nitrogen and oxygen atoms in total. The summed E-state index contributed by atoms with van der Waals surface area (Å²) in [4.78, 5) is 15.0. The number of piperidine rings is 1. The van der Waals surface area contributed by atoms with Gasteiger partial charge >= 0.3 is 5.97 Å². The van der Waals surface area contributed by atoms with Crippen molar-refractivity contribution in [3.63, 3.8) is 0 Å². The third-order valence-corrected chi connectivity index (χ3v) is 11.4. The normalized spacial score (nSPS) is 57.0. The first kappa shape index (κ1) is 23.6. The van der Waals surface area contributed by atoms with Gasteiger partial charge in [-0.3, -0.25) is 9.69 Å². The second kappa shape index (κ2) is 7.62. The summed E-state index contributed by atoms with van der Waals surface area (Å²) in [5.41, 5.74) is -1.63. The molecule has 8 heteroatoms. The molecule has 7 bridgehead atoms. The number of carbonyl (C=O) groups is 1. The molecule has 1 saturated heterocycles. The highest BCUT2D eigenvalue weighted by Crippen LogP contribution is 2.79. The summed E-state index contributed by atoms with van der Waals surface area (Å²) in [5.74, 6) is -0.602. The van der Waals surface area contributed by atoms with Crippen LogP contribution >= 0.6 is 0 Å². The van der Waals surface area contributed by atoms with Crippen LogP contribution in [0.15, 0.2) is 0 Å². The van der Waals surface area contributed by atoms with Gasteiger partial charge < -0.3 is 29.2 Å². The molecule has 192 valence electrons. The Morgan fingerprint density at radius 2 is 1.94 bits per heavy atom. The standard InChI is InChI=1S/C26H41NO7/c1-6-27-11-24(12-31-3)8-7-17(34-13(2)28)26-15-9-14-16(32-4)10-25(30,18(15)20(14)29)19(23(26)27)21(33-5)22(24)26/h14-23,29-30H,6-12H2,1-5H3/t14-,15-,16+,17?,18-,19+,20+,21+,22-,23-,24+,25-,26+/m1/s1. The first-order valence-electron chi connectivity index (χ1n) is 13.1. The maximum atomic E-state index is 12.6. The fourth-order valence-corrected chi connectivity index (χ4v) is 11.0. The lowest BCUT2D eigenvalue weighted by Crippen LogP contribution is -2.76. The van der Waals surface area contributed by atoms with Crippen LogP contribution in [0.25, 0.3) is 0 Å². The van der Waals surface area contributed by atoms with Crippen molar-refractivity contribution in [2.45, 2.75) is 75.6 Å². The molecule has 0 amide bonds. The van der Waals surface area contributed by atoms with Gasteiger partial charge in [-0.1, -0.05) is 6.92 Å². The van der Waals surface area contributed by atoms with Crippen molar-refractivity contribution in [2.75, 3.05) is 41.0 Å².